The van der Waals surface area contributed by atoms with Crippen molar-refractivity contribution in [2.24, 2.45) is 5.92 Å². The molecule has 0 amide bonds. The summed E-state index contributed by atoms with van der Waals surface area (Å²) in [6.07, 6.45) is 8.46. The van der Waals surface area contributed by atoms with Crippen molar-refractivity contribution in [3.63, 3.8) is 0 Å². The minimum atomic E-state index is 0.402. The SMILES string of the molecule is CN1O[C@H]2CCC=CC2C1Cc1ccccc1. The largest absolute Gasteiger partial charge is 0.295 e. The molecule has 1 aromatic carbocycles. The molecule has 0 aromatic heterocycles. The molecule has 1 saturated heterocycles. The van der Waals surface area contributed by atoms with E-state index in [4.69, 9.17) is 4.84 Å². The molecule has 0 radical (unpaired) electrons. The van der Waals surface area contributed by atoms with Crippen LogP contribution in [-0.2, 0) is 11.3 Å². The fourth-order valence-electron chi connectivity index (χ4n) is 2.98. The molecule has 2 unspecified atom stereocenters. The van der Waals surface area contributed by atoms with Crippen molar-refractivity contribution >= 4 is 0 Å². The van der Waals surface area contributed by atoms with E-state index >= 15 is 0 Å². The number of allylic oxidation sites excluding steroid dienone is 1. The number of hydrogen-bond donors (Lipinski definition) is 0. The summed E-state index contributed by atoms with van der Waals surface area (Å²) in [4.78, 5) is 5.93. The van der Waals surface area contributed by atoms with Gasteiger partial charge in [-0.15, -0.1) is 0 Å². The zero-order chi connectivity index (χ0) is 11.7. The summed E-state index contributed by atoms with van der Waals surface area (Å²) in [5.74, 6) is 0.564. The van der Waals surface area contributed by atoms with Crippen LogP contribution in [0.1, 0.15) is 18.4 Å². The lowest BCUT2D eigenvalue weighted by atomic mass is 9.85. The molecule has 17 heavy (non-hydrogen) atoms. The van der Waals surface area contributed by atoms with Gasteiger partial charge in [-0.1, -0.05) is 42.5 Å². The van der Waals surface area contributed by atoms with Gasteiger partial charge in [-0.05, 0) is 24.8 Å². The molecule has 1 aliphatic carbocycles. The first-order valence-corrected chi connectivity index (χ1v) is 6.45. The maximum Gasteiger partial charge on any atom is 0.0874 e. The highest BCUT2D eigenvalue weighted by molar-refractivity contribution is 5.18. The van der Waals surface area contributed by atoms with Crippen LogP contribution in [0.2, 0.25) is 0 Å². The zero-order valence-corrected chi connectivity index (χ0v) is 10.3. The minimum absolute atomic E-state index is 0.402. The Hall–Kier alpha value is -1.12. The predicted octanol–water partition coefficient (Wildman–Crippen LogP) is 2.81. The first kappa shape index (κ1) is 11.0. The first-order valence-electron chi connectivity index (χ1n) is 6.45. The van der Waals surface area contributed by atoms with Crippen molar-refractivity contribution < 1.29 is 4.84 Å². The Morgan fingerprint density at radius 3 is 2.94 bits per heavy atom. The monoisotopic (exact) mass is 229 g/mol. The van der Waals surface area contributed by atoms with Crippen molar-refractivity contribution in [3.05, 3.63) is 48.0 Å². The number of likely N-dealkylation sites (N-methyl/N-ethyl adjacent to an activating group) is 1. The molecule has 1 aliphatic heterocycles. The van der Waals surface area contributed by atoms with Crippen LogP contribution >= 0.6 is 0 Å². The van der Waals surface area contributed by atoms with Crippen LogP contribution in [-0.4, -0.2) is 24.3 Å². The van der Waals surface area contributed by atoms with Gasteiger partial charge < -0.3 is 0 Å². The van der Waals surface area contributed by atoms with E-state index in [1.807, 2.05) is 0 Å². The van der Waals surface area contributed by atoms with E-state index in [2.05, 4.69) is 54.6 Å². The molecule has 1 fully saturated rings. The van der Waals surface area contributed by atoms with Gasteiger partial charge in [-0.25, -0.2) is 0 Å². The van der Waals surface area contributed by atoms with Crippen LogP contribution in [0.4, 0.5) is 0 Å². The van der Waals surface area contributed by atoms with Crippen LogP contribution in [0.5, 0.6) is 0 Å². The summed E-state index contributed by atoms with van der Waals surface area (Å²) in [5.41, 5.74) is 1.40. The summed E-state index contributed by atoms with van der Waals surface area (Å²) >= 11 is 0. The molecular weight excluding hydrogens is 210 g/mol. The molecule has 0 N–H and O–H groups in total. The molecule has 0 spiro atoms. The van der Waals surface area contributed by atoms with Crippen LogP contribution in [0.25, 0.3) is 0 Å². The second-order valence-corrected chi connectivity index (χ2v) is 5.03. The molecule has 90 valence electrons. The second kappa shape index (κ2) is 4.63. The Labute approximate surface area is 103 Å². The van der Waals surface area contributed by atoms with E-state index < -0.39 is 0 Å². The average Bonchev–Trinajstić information content (AvgIpc) is 2.68. The molecule has 2 nitrogen and oxygen atoms in total. The first-order chi connectivity index (χ1) is 8.34. The lowest BCUT2D eigenvalue weighted by molar-refractivity contribution is -0.144. The van der Waals surface area contributed by atoms with E-state index in [1.54, 1.807) is 0 Å². The van der Waals surface area contributed by atoms with Crippen LogP contribution < -0.4 is 0 Å². The van der Waals surface area contributed by atoms with Crippen molar-refractivity contribution in [1.82, 2.24) is 5.06 Å². The Kier molecular flexibility index (Phi) is 3.00. The fourth-order valence-corrected chi connectivity index (χ4v) is 2.98. The molecular formula is C15H19NO. The van der Waals surface area contributed by atoms with Crippen molar-refractivity contribution in [3.8, 4) is 0 Å². The zero-order valence-electron chi connectivity index (χ0n) is 10.3. The van der Waals surface area contributed by atoms with E-state index in [9.17, 15) is 0 Å². The van der Waals surface area contributed by atoms with Crippen LogP contribution in [0.15, 0.2) is 42.5 Å². The van der Waals surface area contributed by atoms with E-state index in [0.717, 1.165) is 19.3 Å². The Morgan fingerprint density at radius 1 is 1.29 bits per heavy atom. The number of nitrogens with zero attached hydrogens (tertiary/aromatic N) is 1. The molecule has 3 rings (SSSR count). The Bertz CT molecular complexity index is 401. The van der Waals surface area contributed by atoms with Gasteiger partial charge in [-0.3, -0.25) is 4.84 Å². The smallest absolute Gasteiger partial charge is 0.0874 e. The highest BCUT2D eigenvalue weighted by Gasteiger charge is 2.40. The lowest BCUT2D eigenvalue weighted by Gasteiger charge is -2.22. The molecule has 1 aromatic rings. The van der Waals surface area contributed by atoms with E-state index in [1.165, 1.54) is 5.56 Å². The third-order valence-electron chi connectivity index (χ3n) is 3.91. The fraction of sp³-hybridized carbons (Fsp3) is 0.467. The van der Waals surface area contributed by atoms with Crippen molar-refractivity contribution in [2.75, 3.05) is 7.05 Å². The van der Waals surface area contributed by atoms with E-state index in [0.29, 0.717) is 18.1 Å². The van der Waals surface area contributed by atoms with Gasteiger partial charge in [0.05, 0.1) is 6.10 Å². The van der Waals surface area contributed by atoms with Gasteiger partial charge in [-0.2, -0.15) is 5.06 Å². The number of hydroxylamine groups is 2. The van der Waals surface area contributed by atoms with E-state index in [-0.39, 0.29) is 0 Å². The summed E-state index contributed by atoms with van der Waals surface area (Å²) < 4.78 is 0. The third-order valence-corrected chi connectivity index (χ3v) is 3.91. The molecule has 1 heterocycles. The highest BCUT2D eigenvalue weighted by Crippen LogP contribution is 2.34. The maximum atomic E-state index is 5.93. The number of rotatable bonds is 2. The molecule has 0 bridgehead atoms. The summed E-state index contributed by atoms with van der Waals surface area (Å²) in [7, 11) is 2.07. The summed E-state index contributed by atoms with van der Waals surface area (Å²) in [6, 6.07) is 11.2. The topological polar surface area (TPSA) is 12.5 Å². The van der Waals surface area contributed by atoms with Crippen LogP contribution in [0.3, 0.4) is 0 Å². The van der Waals surface area contributed by atoms with Gasteiger partial charge >= 0.3 is 0 Å². The van der Waals surface area contributed by atoms with Crippen molar-refractivity contribution in [1.29, 1.82) is 0 Å². The molecule has 2 heteroatoms. The number of fused-ring (bicyclic) bond motifs is 1. The molecule has 3 atom stereocenters. The lowest BCUT2D eigenvalue weighted by Crippen LogP contribution is -2.31. The maximum absolute atomic E-state index is 5.93. The number of benzene rings is 1. The van der Waals surface area contributed by atoms with Gasteiger partial charge in [0.15, 0.2) is 0 Å². The van der Waals surface area contributed by atoms with Gasteiger partial charge in [0.1, 0.15) is 0 Å². The van der Waals surface area contributed by atoms with Gasteiger partial charge in [0, 0.05) is 19.0 Å². The normalized spacial score (nSPS) is 32.6. The van der Waals surface area contributed by atoms with Crippen molar-refractivity contribution in [2.45, 2.75) is 31.4 Å². The van der Waals surface area contributed by atoms with Gasteiger partial charge in [0.25, 0.3) is 0 Å². The molecule has 2 aliphatic rings. The third kappa shape index (κ3) is 2.15. The molecule has 0 saturated carbocycles. The quantitative estimate of drug-likeness (QED) is 0.723. The second-order valence-electron chi connectivity index (χ2n) is 5.03. The van der Waals surface area contributed by atoms with Gasteiger partial charge in [0.2, 0.25) is 0 Å². The summed E-state index contributed by atoms with van der Waals surface area (Å²) in [5, 5.41) is 2.07. The predicted molar refractivity (Wildman–Crippen MR) is 68.4 cm³/mol. The standard InChI is InChI=1S/C15H19NO/c1-16-14(11-12-7-3-2-4-8-12)13-9-5-6-10-15(13)17-16/h2-5,7-9,13-15H,6,10-11H2,1H3/t13?,14?,15-/m0/s1. The minimum Gasteiger partial charge on any atom is -0.295 e. The van der Waals surface area contributed by atoms with Crippen LogP contribution in [0, 0.1) is 5.92 Å². The highest BCUT2D eigenvalue weighted by atomic mass is 16.7. The Balaban J connectivity index is 1.78. The summed E-state index contributed by atoms with van der Waals surface area (Å²) in [6.45, 7) is 0. The Morgan fingerprint density at radius 2 is 2.12 bits per heavy atom. The average molecular weight is 229 g/mol. The number of hydrogen-bond acceptors (Lipinski definition) is 2.